The number of carbonyl (C=O) groups is 1. The highest BCUT2D eigenvalue weighted by atomic mass is 79.9. The summed E-state index contributed by atoms with van der Waals surface area (Å²) < 4.78 is 13.6. The third-order valence-electron chi connectivity index (χ3n) is 2.37. The van der Waals surface area contributed by atoms with Crippen molar-refractivity contribution >= 4 is 21.8 Å². The van der Waals surface area contributed by atoms with Crippen LogP contribution >= 0.6 is 15.9 Å². The number of nitrogens with one attached hydrogen (secondary N) is 2. The summed E-state index contributed by atoms with van der Waals surface area (Å²) >= 11 is 3.30. The molecule has 1 unspecified atom stereocenters. The quantitative estimate of drug-likeness (QED) is 0.877. The fourth-order valence-electron chi connectivity index (χ4n) is 1.47. The second kappa shape index (κ2) is 6.71. The predicted octanol–water partition coefficient (Wildman–Crippen LogP) is 2.37. The molecule has 0 aliphatic rings. The van der Waals surface area contributed by atoms with E-state index in [1.54, 1.807) is 6.07 Å². The molecule has 0 aliphatic carbocycles. The average Bonchev–Trinajstić information content (AvgIpc) is 2.26. The van der Waals surface area contributed by atoms with Crippen LogP contribution in [0.3, 0.4) is 0 Å². The molecule has 1 amide bonds. The minimum atomic E-state index is -0.281. The minimum absolute atomic E-state index is 0.0208. The van der Waals surface area contributed by atoms with E-state index in [0.717, 1.165) is 5.56 Å². The van der Waals surface area contributed by atoms with Crippen LogP contribution in [0.5, 0.6) is 0 Å². The number of benzene rings is 1. The lowest BCUT2D eigenvalue weighted by Crippen LogP contribution is -2.34. The van der Waals surface area contributed by atoms with Crippen molar-refractivity contribution in [1.82, 2.24) is 10.6 Å². The number of hydrogen-bond donors (Lipinski definition) is 2. The van der Waals surface area contributed by atoms with Gasteiger partial charge in [-0.3, -0.25) is 4.79 Å². The van der Waals surface area contributed by atoms with Gasteiger partial charge in [0.1, 0.15) is 5.82 Å². The number of carbonyl (C=O) groups excluding carboxylic acids is 1. The Morgan fingerprint density at radius 3 is 2.82 bits per heavy atom. The van der Waals surface area contributed by atoms with Crippen molar-refractivity contribution in [1.29, 1.82) is 0 Å². The molecule has 0 heterocycles. The Balaban J connectivity index is 2.57. The molecule has 2 N–H and O–H groups in total. The molecule has 0 aliphatic heterocycles. The van der Waals surface area contributed by atoms with Crippen LogP contribution in [-0.4, -0.2) is 19.0 Å². The molecule has 3 nitrogen and oxygen atoms in total. The van der Waals surface area contributed by atoms with Gasteiger partial charge in [-0.2, -0.15) is 0 Å². The fraction of sp³-hybridized carbons (Fsp3) is 0.417. The summed E-state index contributed by atoms with van der Waals surface area (Å²) in [6.45, 7) is 4.67. The van der Waals surface area contributed by atoms with Gasteiger partial charge < -0.3 is 10.6 Å². The highest BCUT2D eigenvalue weighted by Crippen LogP contribution is 2.23. The van der Waals surface area contributed by atoms with Crippen molar-refractivity contribution in [3.8, 4) is 0 Å². The number of amides is 1. The lowest BCUT2D eigenvalue weighted by atomic mass is 10.1. The van der Waals surface area contributed by atoms with Crippen LogP contribution in [0.25, 0.3) is 0 Å². The number of rotatable bonds is 5. The molecule has 0 saturated carbocycles. The van der Waals surface area contributed by atoms with Gasteiger partial charge in [0.2, 0.25) is 5.91 Å². The summed E-state index contributed by atoms with van der Waals surface area (Å²) in [5.74, 6) is -0.325. The maximum absolute atomic E-state index is 12.9. The third kappa shape index (κ3) is 4.44. The van der Waals surface area contributed by atoms with Crippen molar-refractivity contribution < 1.29 is 9.18 Å². The normalized spacial score (nSPS) is 12.2. The van der Waals surface area contributed by atoms with Crippen LogP contribution in [0, 0.1) is 5.82 Å². The Morgan fingerprint density at radius 2 is 2.24 bits per heavy atom. The van der Waals surface area contributed by atoms with Gasteiger partial charge >= 0.3 is 0 Å². The van der Waals surface area contributed by atoms with Gasteiger partial charge in [0.25, 0.3) is 0 Å². The number of hydrogen-bond acceptors (Lipinski definition) is 2. The van der Waals surface area contributed by atoms with E-state index in [2.05, 4.69) is 26.6 Å². The minimum Gasteiger partial charge on any atom is -0.355 e. The first-order valence-corrected chi connectivity index (χ1v) is 6.29. The highest BCUT2D eigenvalue weighted by Gasteiger charge is 2.10. The van der Waals surface area contributed by atoms with Crippen LogP contribution in [0.2, 0.25) is 0 Å². The maximum atomic E-state index is 12.9. The van der Waals surface area contributed by atoms with Gasteiger partial charge in [-0.25, -0.2) is 4.39 Å². The van der Waals surface area contributed by atoms with Crippen molar-refractivity contribution in [3.63, 3.8) is 0 Å². The van der Waals surface area contributed by atoms with Crippen molar-refractivity contribution in [2.75, 3.05) is 13.1 Å². The Labute approximate surface area is 109 Å². The van der Waals surface area contributed by atoms with Crippen LogP contribution in [0.1, 0.15) is 25.5 Å². The molecule has 1 aromatic carbocycles. The lowest BCUT2D eigenvalue weighted by Gasteiger charge is -2.15. The second-order valence-electron chi connectivity index (χ2n) is 3.72. The molecule has 1 aromatic rings. The van der Waals surface area contributed by atoms with Gasteiger partial charge in [-0.15, -0.1) is 0 Å². The topological polar surface area (TPSA) is 41.1 Å². The average molecular weight is 303 g/mol. The van der Waals surface area contributed by atoms with Crippen molar-refractivity contribution in [2.24, 2.45) is 0 Å². The van der Waals surface area contributed by atoms with Crippen LogP contribution in [0.4, 0.5) is 4.39 Å². The van der Waals surface area contributed by atoms with E-state index in [1.807, 2.05) is 13.8 Å². The molecular formula is C12H16BrFN2O. The van der Waals surface area contributed by atoms with Gasteiger partial charge in [0.05, 0.1) is 6.54 Å². The summed E-state index contributed by atoms with van der Waals surface area (Å²) in [6, 6.07) is 4.51. The Hall–Kier alpha value is -0.940. The molecule has 0 saturated heterocycles. The zero-order valence-electron chi connectivity index (χ0n) is 9.89. The largest absolute Gasteiger partial charge is 0.355 e. The first-order valence-electron chi connectivity index (χ1n) is 5.49. The Bertz CT molecular complexity index is 398. The number of likely N-dealkylation sites (N-methyl/N-ethyl adjacent to an activating group) is 1. The second-order valence-corrected chi connectivity index (χ2v) is 4.58. The monoisotopic (exact) mass is 302 g/mol. The summed E-state index contributed by atoms with van der Waals surface area (Å²) in [6.07, 6.45) is 0. The van der Waals surface area contributed by atoms with E-state index in [9.17, 15) is 9.18 Å². The molecule has 0 spiro atoms. The zero-order valence-corrected chi connectivity index (χ0v) is 11.5. The summed E-state index contributed by atoms with van der Waals surface area (Å²) in [4.78, 5) is 11.3. The molecule has 1 atom stereocenters. The molecule has 0 aromatic heterocycles. The van der Waals surface area contributed by atoms with Gasteiger partial charge in [-0.1, -0.05) is 22.0 Å². The first kappa shape index (κ1) is 14.1. The molecule has 0 bridgehead atoms. The van der Waals surface area contributed by atoms with E-state index >= 15 is 0 Å². The first-order chi connectivity index (χ1) is 8.04. The molecule has 17 heavy (non-hydrogen) atoms. The maximum Gasteiger partial charge on any atom is 0.233 e. The van der Waals surface area contributed by atoms with E-state index in [0.29, 0.717) is 11.0 Å². The van der Waals surface area contributed by atoms with Crippen molar-refractivity contribution in [3.05, 3.63) is 34.1 Å². The molecule has 1 rings (SSSR count). The number of halogens is 2. The van der Waals surface area contributed by atoms with E-state index in [1.165, 1.54) is 12.1 Å². The summed E-state index contributed by atoms with van der Waals surface area (Å²) in [7, 11) is 0. The van der Waals surface area contributed by atoms with Gasteiger partial charge in [0, 0.05) is 17.1 Å². The van der Waals surface area contributed by atoms with E-state index < -0.39 is 0 Å². The lowest BCUT2D eigenvalue weighted by molar-refractivity contribution is -0.120. The smallest absolute Gasteiger partial charge is 0.233 e. The van der Waals surface area contributed by atoms with E-state index in [-0.39, 0.29) is 24.3 Å². The van der Waals surface area contributed by atoms with Crippen molar-refractivity contribution in [2.45, 2.75) is 19.9 Å². The van der Waals surface area contributed by atoms with Gasteiger partial charge in [0.15, 0.2) is 0 Å². The molecule has 0 radical (unpaired) electrons. The molecule has 94 valence electrons. The highest BCUT2D eigenvalue weighted by molar-refractivity contribution is 9.10. The summed E-state index contributed by atoms with van der Waals surface area (Å²) in [5, 5.41) is 5.78. The predicted molar refractivity (Wildman–Crippen MR) is 69.2 cm³/mol. The third-order valence-corrected chi connectivity index (χ3v) is 3.06. The summed E-state index contributed by atoms with van der Waals surface area (Å²) in [5.41, 5.74) is 0.927. The van der Waals surface area contributed by atoms with Crippen LogP contribution < -0.4 is 10.6 Å². The fourth-order valence-corrected chi connectivity index (χ4v) is 2.16. The Morgan fingerprint density at radius 1 is 1.53 bits per heavy atom. The molecule has 5 heteroatoms. The zero-order chi connectivity index (χ0) is 12.8. The SMILES string of the molecule is CCNC(=O)CNC(C)c1ccc(F)cc1Br. The van der Waals surface area contributed by atoms with E-state index in [4.69, 9.17) is 0 Å². The standard InChI is InChI=1S/C12H16BrFN2O/c1-3-15-12(17)7-16-8(2)10-5-4-9(14)6-11(10)13/h4-6,8,16H,3,7H2,1-2H3,(H,15,17). The van der Waals surface area contributed by atoms with Crippen LogP contribution in [0.15, 0.2) is 22.7 Å². The molecular weight excluding hydrogens is 287 g/mol. The molecule has 0 fully saturated rings. The van der Waals surface area contributed by atoms with Crippen LogP contribution in [-0.2, 0) is 4.79 Å². The van der Waals surface area contributed by atoms with Gasteiger partial charge in [-0.05, 0) is 31.5 Å². The Kier molecular flexibility index (Phi) is 5.58.